The third kappa shape index (κ3) is 3.49. The van der Waals surface area contributed by atoms with Crippen LogP contribution >= 0.6 is 11.3 Å². The Kier molecular flexibility index (Phi) is 4.30. The Morgan fingerprint density at radius 1 is 1.65 bits per heavy atom. The molecule has 108 valence electrons. The monoisotopic (exact) mass is 313 g/mol. The molecule has 0 radical (unpaired) electrons. The van der Waals surface area contributed by atoms with Gasteiger partial charge in [0.2, 0.25) is 5.91 Å². The lowest BCUT2D eigenvalue weighted by Crippen LogP contribution is -2.42. The zero-order chi connectivity index (χ0) is 14.8. The van der Waals surface area contributed by atoms with Crippen LogP contribution in [0.3, 0.4) is 0 Å². The van der Waals surface area contributed by atoms with E-state index < -0.39 is 9.84 Å². The van der Waals surface area contributed by atoms with Gasteiger partial charge in [-0.25, -0.2) is 13.4 Å². The quantitative estimate of drug-likeness (QED) is 0.785. The molecular formula is C12H15N3O3S2. The molecule has 0 saturated carbocycles. The number of rotatable bonds is 4. The molecule has 0 aromatic carbocycles. The van der Waals surface area contributed by atoms with Gasteiger partial charge in [0.15, 0.2) is 15.0 Å². The third-order valence-corrected chi connectivity index (χ3v) is 5.61. The first-order chi connectivity index (χ1) is 9.41. The average Bonchev–Trinajstić information content (AvgIpc) is 2.92. The van der Waals surface area contributed by atoms with Crippen LogP contribution in [0.1, 0.15) is 12.1 Å². The summed E-state index contributed by atoms with van der Waals surface area (Å²) in [6.07, 6.45) is 5.80. The maximum atomic E-state index is 12.3. The van der Waals surface area contributed by atoms with Crippen molar-refractivity contribution in [2.45, 2.75) is 18.9 Å². The Morgan fingerprint density at radius 2 is 2.40 bits per heavy atom. The van der Waals surface area contributed by atoms with Crippen molar-refractivity contribution < 1.29 is 13.2 Å². The molecular weight excluding hydrogens is 298 g/mol. The molecule has 2 heterocycles. The van der Waals surface area contributed by atoms with Gasteiger partial charge < -0.3 is 10.6 Å². The van der Waals surface area contributed by atoms with Crippen molar-refractivity contribution in [2.75, 3.05) is 23.8 Å². The number of anilines is 1. The van der Waals surface area contributed by atoms with Crippen molar-refractivity contribution in [1.82, 2.24) is 9.88 Å². The van der Waals surface area contributed by atoms with Crippen LogP contribution in [0, 0.1) is 12.3 Å². The Labute approximate surface area is 121 Å². The highest BCUT2D eigenvalue weighted by atomic mass is 32.2. The molecule has 2 N–H and O–H groups in total. The van der Waals surface area contributed by atoms with Crippen LogP contribution in [-0.2, 0) is 21.1 Å². The largest absolute Gasteiger partial charge is 0.375 e. The molecule has 6 nitrogen and oxygen atoms in total. The van der Waals surface area contributed by atoms with Gasteiger partial charge in [-0.1, -0.05) is 5.92 Å². The first-order valence-corrected chi connectivity index (χ1v) is 8.74. The fourth-order valence-corrected chi connectivity index (χ4v) is 4.49. The molecule has 20 heavy (non-hydrogen) atoms. The normalized spacial score (nSPS) is 20.4. The van der Waals surface area contributed by atoms with Gasteiger partial charge in [0, 0.05) is 11.4 Å². The summed E-state index contributed by atoms with van der Waals surface area (Å²) in [4.78, 5) is 17.8. The van der Waals surface area contributed by atoms with E-state index in [1.165, 1.54) is 16.2 Å². The molecule has 8 heteroatoms. The summed E-state index contributed by atoms with van der Waals surface area (Å²) >= 11 is 1.26. The van der Waals surface area contributed by atoms with E-state index in [0.29, 0.717) is 17.2 Å². The predicted molar refractivity (Wildman–Crippen MR) is 77.8 cm³/mol. The number of amides is 1. The second-order valence-corrected chi connectivity index (χ2v) is 7.75. The predicted octanol–water partition coefficient (Wildman–Crippen LogP) is -0.0833. The minimum Gasteiger partial charge on any atom is -0.375 e. The number of hydrogen-bond donors (Lipinski definition) is 1. The average molecular weight is 313 g/mol. The number of nitrogens with zero attached hydrogens (tertiary/aromatic N) is 2. The number of nitrogens with two attached hydrogens (primary N) is 1. The van der Waals surface area contributed by atoms with E-state index >= 15 is 0 Å². The Hall–Kier alpha value is -1.59. The number of nitrogen functional groups attached to an aromatic ring is 1. The van der Waals surface area contributed by atoms with Gasteiger partial charge in [-0.05, 0) is 6.42 Å². The lowest BCUT2D eigenvalue weighted by Gasteiger charge is -2.26. The zero-order valence-corrected chi connectivity index (χ0v) is 12.4. The van der Waals surface area contributed by atoms with E-state index in [2.05, 4.69) is 10.9 Å². The maximum absolute atomic E-state index is 12.3. The van der Waals surface area contributed by atoms with Crippen LogP contribution in [-0.4, -0.2) is 48.3 Å². The van der Waals surface area contributed by atoms with Crippen LogP contribution in [0.25, 0.3) is 0 Å². The molecule has 0 aliphatic carbocycles. The maximum Gasteiger partial charge on any atom is 0.229 e. The SMILES string of the molecule is C#CCN(C(=O)Cc1csc(N)n1)C1CCS(=O)(=O)C1. The molecule has 1 aliphatic rings. The first kappa shape index (κ1) is 14.8. The van der Waals surface area contributed by atoms with Crippen LogP contribution in [0.5, 0.6) is 0 Å². The van der Waals surface area contributed by atoms with Crippen molar-refractivity contribution in [3.63, 3.8) is 0 Å². The number of thiazole rings is 1. The minimum absolute atomic E-state index is 0.0143. The molecule has 1 atom stereocenters. The highest BCUT2D eigenvalue weighted by molar-refractivity contribution is 7.91. The Balaban J connectivity index is 2.08. The Bertz CT molecular complexity index is 645. The van der Waals surface area contributed by atoms with E-state index in [9.17, 15) is 13.2 Å². The highest BCUT2D eigenvalue weighted by Gasteiger charge is 2.34. The number of carbonyl (C=O) groups is 1. The van der Waals surface area contributed by atoms with Gasteiger partial charge in [-0.3, -0.25) is 4.79 Å². The second-order valence-electron chi connectivity index (χ2n) is 4.64. The van der Waals surface area contributed by atoms with Gasteiger partial charge in [0.1, 0.15) is 0 Å². The number of sulfone groups is 1. The molecule has 0 spiro atoms. The minimum atomic E-state index is -3.06. The third-order valence-electron chi connectivity index (χ3n) is 3.13. The van der Waals surface area contributed by atoms with Crippen molar-refractivity contribution in [3.8, 4) is 12.3 Å². The molecule has 1 saturated heterocycles. The van der Waals surface area contributed by atoms with E-state index in [0.717, 1.165) is 0 Å². The summed E-state index contributed by atoms with van der Waals surface area (Å²) < 4.78 is 23.0. The lowest BCUT2D eigenvalue weighted by molar-refractivity contribution is -0.131. The summed E-state index contributed by atoms with van der Waals surface area (Å²) in [5.41, 5.74) is 6.10. The van der Waals surface area contributed by atoms with Crippen LogP contribution in [0.4, 0.5) is 5.13 Å². The molecule has 1 aromatic heterocycles. The number of carbonyl (C=O) groups excluding carboxylic acids is 1. The number of aromatic nitrogens is 1. The van der Waals surface area contributed by atoms with Gasteiger partial charge in [0.25, 0.3) is 0 Å². The van der Waals surface area contributed by atoms with E-state index in [1.807, 2.05) is 0 Å². The van der Waals surface area contributed by atoms with Crippen LogP contribution in [0.2, 0.25) is 0 Å². The topological polar surface area (TPSA) is 93.4 Å². The second kappa shape index (κ2) is 5.81. The van der Waals surface area contributed by atoms with Gasteiger partial charge in [-0.15, -0.1) is 17.8 Å². The van der Waals surface area contributed by atoms with Gasteiger partial charge in [-0.2, -0.15) is 0 Å². The molecule has 1 amide bonds. The smallest absolute Gasteiger partial charge is 0.229 e. The van der Waals surface area contributed by atoms with Crippen molar-refractivity contribution >= 4 is 32.2 Å². The van der Waals surface area contributed by atoms with Crippen molar-refractivity contribution in [2.24, 2.45) is 0 Å². The van der Waals surface area contributed by atoms with E-state index in [-0.39, 0.29) is 36.4 Å². The highest BCUT2D eigenvalue weighted by Crippen LogP contribution is 2.19. The zero-order valence-electron chi connectivity index (χ0n) is 10.8. The molecule has 1 fully saturated rings. The van der Waals surface area contributed by atoms with Gasteiger partial charge in [0.05, 0.1) is 30.2 Å². The van der Waals surface area contributed by atoms with Crippen LogP contribution < -0.4 is 5.73 Å². The summed E-state index contributed by atoms with van der Waals surface area (Å²) in [6.45, 7) is 0.110. The molecule has 1 aliphatic heterocycles. The summed E-state index contributed by atoms with van der Waals surface area (Å²) in [7, 11) is -3.06. The fourth-order valence-electron chi connectivity index (χ4n) is 2.20. The van der Waals surface area contributed by atoms with E-state index in [1.54, 1.807) is 5.38 Å². The van der Waals surface area contributed by atoms with E-state index in [4.69, 9.17) is 12.2 Å². The molecule has 0 bridgehead atoms. The standard InChI is InChI=1S/C12H15N3O3S2/c1-2-4-15(10-3-5-20(17,18)8-10)11(16)6-9-7-19-12(13)14-9/h1,7,10H,3-6,8H2,(H2,13,14). The fraction of sp³-hybridized carbons (Fsp3) is 0.500. The number of hydrogen-bond acceptors (Lipinski definition) is 6. The Morgan fingerprint density at radius 3 is 2.90 bits per heavy atom. The molecule has 1 unspecified atom stereocenters. The summed E-state index contributed by atoms with van der Waals surface area (Å²) in [5, 5.41) is 2.12. The first-order valence-electron chi connectivity index (χ1n) is 6.04. The van der Waals surface area contributed by atoms with Crippen molar-refractivity contribution in [1.29, 1.82) is 0 Å². The summed E-state index contributed by atoms with van der Waals surface area (Å²) in [5.74, 6) is 2.29. The lowest BCUT2D eigenvalue weighted by atomic mass is 10.2. The molecule has 1 aromatic rings. The van der Waals surface area contributed by atoms with Gasteiger partial charge >= 0.3 is 0 Å². The molecule has 2 rings (SSSR count). The van der Waals surface area contributed by atoms with Crippen LogP contribution in [0.15, 0.2) is 5.38 Å². The number of terminal acetylenes is 1. The van der Waals surface area contributed by atoms with Crippen molar-refractivity contribution in [3.05, 3.63) is 11.1 Å². The summed E-state index contributed by atoms with van der Waals surface area (Å²) in [6, 6.07) is -0.334.